The first-order valence-electron chi connectivity index (χ1n) is 22.6. The maximum Gasteiger partial charge on any atom is 0.337 e. The van der Waals surface area contributed by atoms with Crippen molar-refractivity contribution in [2.75, 3.05) is 14.2 Å². The third-order valence-corrected chi connectivity index (χ3v) is 12.7. The molecule has 10 atom stereocenters. The van der Waals surface area contributed by atoms with Crippen LogP contribution in [-0.2, 0) is 90.0 Å². The van der Waals surface area contributed by atoms with Gasteiger partial charge in [0.25, 0.3) is 0 Å². The zero-order valence-electron chi connectivity index (χ0n) is 37.9. The van der Waals surface area contributed by atoms with Gasteiger partial charge in [0.05, 0.1) is 47.3 Å². The van der Waals surface area contributed by atoms with Crippen molar-refractivity contribution in [1.82, 2.24) is 0 Å². The summed E-state index contributed by atoms with van der Waals surface area (Å²) in [6.07, 6.45) is -10.5. The molecule has 354 valence electrons. The van der Waals surface area contributed by atoms with Crippen molar-refractivity contribution in [2.45, 2.75) is 98.5 Å². The number of ether oxygens (including phenoxy) is 10. The molecule has 0 radical (unpaired) electrons. The predicted molar refractivity (Wildman–Crippen MR) is 254 cm³/mol. The molecule has 0 saturated carbocycles. The van der Waals surface area contributed by atoms with E-state index in [9.17, 15) is 9.59 Å². The van der Waals surface area contributed by atoms with E-state index in [-0.39, 0.29) is 33.0 Å². The summed E-state index contributed by atoms with van der Waals surface area (Å²) in [5.41, 5.74) is 3.58. The normalized spacial score (nSPS) is 24.7. The fourth-order valence-electron chi connectivity index (χ4n) is 8.12. The van der Waals surface area contributed by atoms with Gasteiger partial charge in [-0.3, -0.25) is 0 Å². The van der Waals surface area contributed by atoms with Gasteiger partial charge < -0.3 is 47.4 Å². The number of hydrogen-bond donors (Lipinski definition) is 0. The van der Waals surface area contributed by atoms with Crippen molar-refractivity contribution in [3.63, 3.8) is 0 Å². The highest BCUT2D eigenvalue weighted by Crippen LogP contribution is 2.41. The lowest BCUT2D eigenvalue weighted by molar-refractivity contribution is -0.350. The number of benzene rings is 6. The van der Waals surface area contributed by atoms with Gasteiger partial charge >= 0.3 is 11.9 Å². The highest BCUT2D eigenvalue weighted by molar-refractivity contribution is 7.99. The second kappa shape index (κ2) is 25.1. The number of methoxy groups -OCH3 is 2. The van der Waals surface area contributed by atoms with E-state index in [1.165, 1.54) is 26.0 Å². The second-order valence-electron chi connectivity index (χ2n) is 16.2. The van der Waals surface area contributed by atoms with E-state index in [1.54, 1.807) is 0 Å². The molecule has 2 aliphatic heterocycles. The molecule has 2 saturated heterocycles. The molecule has 0 amide bonds. The Bertz CT molecular complexity index is 2400. The van der Waals surface area contributed by atoms with Crippen molar-refractivity contribution in [3.8, 4) is 0 Å². The zero-order chi connectivity index (χ0) is 46.9. The van der Waals surface area contributed by atoms with Crippen molar-refractivity contribution in [3.05, 3.63) is 210 Å². The van der Waals surface area contributed by atoms with E-state index >= 15 is 0 Å². The first-order valence-corrected chi connectivity index (χ1v) is 23.5. The van der Waals surface area contributed by atoms with Crippen LogP contribution in [0.3, 0.4) is 0 Å². The standard InChI is InChI=1S/C55H56O12S/c1-58-52(56)48-44(60-33-38-21-9-3-10-22-38)45(61-34-39-23-11-4-12-24-39)50(63-36-41-27-15-6-16-28-41)54(66-48)65-47-46(62-35-40-25-13-5-14-26-40)51(64-37-42-29-17-7-18-30-42)55(67-49(47)53(57)59-2)68-43-31-19-8-20-32-43/h3-32,44-51,54-55H,33-37H2,1-2H3/t44-,45-,46-,47-,48-,49-,50-,51-,54+,55-/m0/s1. The number of hydrogen-bond acceptors (Lipinski definition) is 13. The molecule has 2 heterocycles. The van der Waals surface area contributed by atoms with Crippen molar-refractivity contribution in [2.24, 2.45) is 0 Å². The van der Waals surface area contributed by atoms with Gasteiger partial charge in [-0.25, -0.2) is 9.59 Å². The smallest absolute Gasteiger partial charge is 0.337 e. The Hall–Kier alpha value is -5.71. The first kappa shape index (κ1) is 48.7. The Morgan fingerprint density at radius 1 is 0.397 bits per heavy atom. The molecule has 8 rings (SSSR count). The lowest BCUT2D eigenvalue weighted by atomic mass is 9.95. The van der Waals surface area contributed by atoms with E-state index < -0.39 is 72.5 Å². The van der Waals surface area contributed by atoms with E-state index in [2.05, 4.69) is 0 Å². The molecule has 13 heteroatoms. The number of carbonyl (C=O) groups is 2. The number of esters is 2. The second-order valence-corrected chi connectivity index (χ2v) is 17.4. The minimum atomic E-state index is -1.42. The number of thioether (sulfide) groups is 1. The van der Waals surface area contributed by atoms with Crippen LogP contribution in [0.25, 0.3) is 0 Å². The van der Waals surface area contributed by atoms with E-state index in [0.29, 0.717) is 0 Å². The minimum absolute atomic E-state index is 0.0996. The Morgan fingerprint density at radius 2 is 0.721 bits per heavy atom. The van der Waals surface area contributed by atoms with E-state index in [1.807, 2.05) is 182 Å². The number of carbonyl (C=O) groups excluding carboxylic acids is 2. The third-order valence-electron chi connectivity index (χ3n) is 11.6. The Morgan fingerprint density at radius 3 is 1.12 bits per heavy atom. The topological polar surface area (TPSA) is 126 Å². The summed E-state index contributed by atoms with van der Waals surface area (Å²) in [4.78, 5) is 29.1. The summed E-state index contributed by atoms with van der Waals surface area (Å²) in [5.74, 6) is -1.44. The predicted octanol–water partition coefficient (Wildman–Crippen LogP) is 8.89. The lowest BCUT2D eigenvalue weighted by Gasteiger charge is -2.49. The summed E-state index contributed by atoms with van der Waals surface area (Å²) in [6, 6.07) is 58.0. The Balaban J connectivity index is 1.22. The highest BCUT2D eigenvalue weighted by atomic mass is 32.2. The SMILES string of the molecule is COC(=O)[C@H]1O[C@@H](O[C@H]2[C@H](OCc3ccccc3)[C@H](OCc3ccccc3)[C@H](Sc3ccccc3)O[C@@H]2C(=O)OC)[C@@H](OCc2ccccc2)[C@@H](OCc2ccccc2)[C@@H]1OCc1ccccc1. The van der Waals surface area contributed by atoms with Crippen LogP contribution in [-0.4, -0.2) is 86.7 Å². The largest absolute Gasteiger partial charge is 0.467 e. The maximum absolute atomic E-state index is 14.2. The molecule has 0 N–H and O–H groups in total. The highest BCUT2D eigenvalue weighted by Gasteiger charge is 2.57. The van der Waals surface area contributed by atoms with E-state index in [4.69, 9.17) is 47.4 Å². The van der Waals surface area contributed by atoms with Crippen LogP contribution >= 0.6 is 11.8 Å². The van der Waals surface area contributed by atoms with Crippen molar-refractivity contribution in [1.29, 1.82) is 0 Å². The van der Waals surface area contributed by atoms with Crippen LogP contribution in [0.2, 0.25) is 0 Å². The monoisotopic (exact) mass is 940 g/mol. The average Bonchev–Trinajstić information content (AvgIpc) is 3.40. The van der Waals surface area contributed by atoms with Crippen molar-refractivity contribution < 1.29 is 57.0 Å². The quantitative estimate of drug-likeness (QED) is 0.0639. The molecule has 6 aromatic carbocycles. The van der Waals surface area contributed by atoms with Crippen molar-refractivity contribution >= 4 is 23.7 Å². The molecular weight excluding hydrogens is 885 g/mol. The molecule has 2 aliphatic rings. The summed E-state index contributed by atoms with van der Waals surface area (Å²) in [7, 11) is 2.57. The van der Waals surface area contributed by atoms with Gasteiger partial charge in [-0.1, -0.05) is 182 Å². The van der Waals surface area contributed by atoms with Gasteiger partial charge in [0.2, 0.25) is 0 Å². The molecule has 68 heavy (non-hydrogen) atoms. The Labute approximate surface area is 401 Å². The zero-order valence-corrected chi connectivity index (χ0v) is 38.8. The summed E-state index contributed by atoms with van der Waals surface area (Å²) in [6.45, 7) is 0.639. The average molecular weight is 941 g/mol. The molecule has 12 nitrogen and oxygen atoms in total. The molecule has 2 fully saturated rings. The van der Waals surface area contributed by atoms with Gasteiger partial charge in [-0.2, -0.15) is 0 Å². The van der Waals surface area contributed by atoms with Crippen LogP contribution in [0, 0.1) is 0 Å². The van der Waals surface area contributed by atoms with Crippen LogP contribution in [0.4, 0.5) is 0 Å². The maximum atomic E-state index is 14.2. The summed E-state index contributed by atoms with van der Waals surface area (Å²) in [5, 5.41) is 0. The lowest BCUT2D eigenvalue weighted by Crippen LogP contribution is -2.67. The van der Waals surface area contributed by atoms with Crippen LogP contribution in [0.5, 0.6) is 0 Å². The third kappa shape index (κ3) is 13.1. The van der Waals surface area contributed by atoms with Gasteiger partial charge in [-0.15, -0.1) is 0 Å². The first-order chi connectivity index (χ1) is 33.5. The Kier molecular flexibility index (Phi) is 18.0. The number of rotatable bonds is 21. The molecule has 0 aliphatic carbocycles. The summed E-state index contributed by atoms with van der Waals surface area (Å²) < 4.78 is 65.6. The van der Waals surface area contributed by atoms with Crippen LogP contribution < -0.4 is 0 Å². The van der Waals surface area contributed by atoms with E-state index in [0.717, 1.165) is 32.7 Å². The van der Waals surface area contributed by atoms with Gasteiger partial charge in [-0.05, 0) is 39.9 Å². The van der Waals surface area contributed by atoms with Gasteiger partial charge in [0.1, 0.15) is 42.1 Å². The molecule has 0 unspecified atom stereocenters. The minimum Gasteiger partial charge on any atom is -0.467 e. The molecule has 0 spiro atoms. The van der Waals surface area contributed by atoms with Gasteiger partial charge in [0.15, 0.2) is 18.5 Å². The fourth-order valence-corrected chi connectivity index (χ4v) is 9.25. The van der Waals surface area contributed by atoms with Crippen LogP contribution in [0.15, 0.2) is 187 Å². The summed E-state index contributed by atoms with van der Waals surface area (Å²) >= 11 is 1.39. The molecule has 0 aromatic heterocycles. The fraction of sp³-hybridized carbons (Fsp3) is 0.309. The van der Waals surface area contributed by atoms with Crippen LogP contribution in [0.1, 0.15) is 27.8 Å². The van der Waals surface area contributed by atoms with Gasteiger partial charge in [0, 0.05) is 4.90 Å². The molecule has 0 bridgehead atoms. The molecular formula is C55H56O12S. The molecule has 6 aromatic rings.